The summed E-state index contributed by atoms with van der Waals surface area (Å²) < 4.78 is 20.0. The van der Waals surface area contributed by atoms with E-state index in [2.05, 4.69) is 10.1 Å². The van der Waals surface area contributed by atoms with Gasteiger partial charge >= 0.3 is 0 Å². The van der Waals surface area contributed by atoms with Crippen molar-refractivity contribution in [2.75, 3.05) is 73.0 Å². The second kappa shape index (κ2) is 24.1. The molecule has 3 N–H and O–H groups in total. The number of nitrogens with two attached hydrogens (primary N) is 1. The third-order valence-electron chi connectivity index (χ3n) is 1.87. The Morgan fingerprint density at radius 3 is 1.71 bits per heavy atom. The lowest BCUT2D eigenvalue weighted by molar-refractivity contribution is -0.116. The largest absolute Gasteiger partial charge is 0.378 e. The van der Waals surface area contributed by atoms with Gasteiger partial charge in [0.15, 0.2) is 0 Å². The third kappa shape index (κ3) is 28.1. The van der Waals surface area contributed by atoms with Gasteiger partial charge in [0, 0.05) is 13.1 Å². The van der Waals surface area contributed by atoms with Gasteiger partial charge in [0.1, 0.15) is 25.8 Å². The molecule has 0 aliphatic heterocycles. The quantitative estimate of drug-likeness (QED) is 0.281. The number of hydrogen-bond donors (Lipinski definition) is 2. The van der Waals surface area contributed by atoms with Crippen LogP contribution in [0.25, 0.3) is 0 Å². The molecule has 0 fully saturated rings. The lowest BCUT2D eigenvalue weighted by Gasteiger charge is -2.05. The number of likely N-dealkylation sites (N-methyl/N-ethyl adjacent to an activating group) is 1. The molecule has 0 aliphatic rings. The van der Waals surface area contributed by atoms with Crippen molar-refractivity contribution in [2.24, 2.45) is 5.73 Å². The molecule has 0 aliphatic carbocycles. The Hall–Kier alpha value is -0.900. The van der Waals surface area contributed by atoms with Gasteiger partial charge in [-0.3, -0.25) is 0 Å². The minimum absolute atomic E-state index is 0.0126. The summed E-state index contributed by atoms with van der Waals surface area (Å²) in [6.45, 7) is 5.26. The normalized spacial score (nSPS) is 9.81. The van der Waals surface area contributed by atoms with Gasteiger partial charge in [-0.2, -0.15) is 0 Å². The Balaban J connectivity index is 0. The van der Waals surface area contributed by atoms with Gasteiger partial charge in [-0.25, -0.2) is 0 Å². The number of ether oxygens (including phenoxy) is 4. The van der Waals surface area contributed by atoms with Crippen LogP contribution in [0.2, 0.25) is 0 Å². The molecule has 0 rings (SSSR count). The van der Waals surface area contributed by atoms with Crippen LogP contribution in [0, 0.1) is 0 Å². The Labute approximate surface area is 126 Å². The fraction of sp³-hybridized carbons (Fsp3) is 0.846. The molecule has 0 spiro atoms. The zero-order valence-electron chi connectivity index (χ0n) is 12.8. The molecular weight excluding hydrogens is 280 g/mol. The van der Waals surface area contributed by atoms with Crippen LogP contribution in [0.15, 0.2) is 0 Å². The molecule has 0 aromatic carbocycles. The predicted octanol–water partition coefficient (Wildman–Crippen LogP) is -1.38. The lowest BCUT2D eigenvalue weighted by Crippen LogP contribution is -2.17. The smallest absolute Gasteiger partial charge is 0.145 e. The molecule has 8 heteroatoms. The Morgan fingerprint density at radius 1 is 0.810 bits per heavy atom. The van der Waals surface area contributed by atoms with Gasteiger partial charge in [0.25, 0.3) is 0 Å². The van der Waals surface area contributed by atoms with E-state index in [0.29, 0.717) is 52.2 Å². The van der Waals surface area contributed by atoms with Crippen molar-refractivity contribution in [1.29, 1.82) is 0 Å². The molecule has 21 heavy (non-hydrogen) atoms. The number of aldehydes is 2. The van der Waals surface area contributed by atoms with Crippen LogP contribution in [-0.4, -0.2) is 85.6 Å². The summed E-state index contributed by atoms with van der Waals surface area (Å²) in [4.78, 5) is 18.9. The summed E-state index contributed by atoms with van der Waals surface area (Å²) in [5.41, 5.74) is 5.25. The molecule has 0 heterocycles. The number of rotatable bonds is 15. The predicted molar refractivity (Wildman–Crippen MR) is 78.4 cm³/mol. The van der Waals surface area contributed by atoms with E-state index >= 15 is 0 Å². The van der Waals surface area contributed by atoms with E-state index in [4.69, 9.17) is 19.9 Å². The minimum Gasteiger partial charge on any atom is -0.378 e. The van der Waals surface area contributed by atoms with Crippen LogP contribution in [0.3, 0.4) is 0 Å². The molecule has 0 radical (unpaired) electrons. The molecule has 0 aromatic rings. The van der Waals surface area contributed by atoms with Crippen LogP contribution >= 0.6 is 0 Å². The molecule has 0 amide bonds. The zero-order chi connectivity index (χ0) is 16.0. The molecule has 0 atom stereocenters. The summed E-state index contributed by atoms with van der Waals surface area (Å²) in [5.74, 6) is 0. The molecule has 0 saturated heterocycles. The number of nitrogens with one attached hydrogen (secondary N) is 1. The maximum absolute atomic E-state index is 9.44. The summed E-state index contributed by atoms with van der Waals surface area (Å²) in [7, 11) is 1.90. The fourth-order valence-electron chi connectivity index (χ4n) is 0.964. The van der Waals surface area contributed by atoms with E-state index in [1.165, 1.54) is 0 Å². The highest BCUT2D eigenvalue weighted by Crippen LogP contribution is 1.80. The standard InChI is InChI=1S/C9H22N2O3.C4H6O3/c1-11-3-5-13-7-9-14-8-6-12-4-2-10;5-1-3-7-4-2-6/h11H,2-10H2,1H3;1-2H,3-4H2. The van der Waals surface area contributed by atoms with Crippen molar-refractivity contribution in [2.45, 2.75) is 0 Å². The lowest BCUT2D eigenvalue weighted by atomic mass is 10.6. The molecular formula is C13H28N2O6. The highest BCUT2D eigenvalue weighted by molar-refractivity contribution is 5.53. The average Bonchev–Trinajstić information content (AvgIpc) is 2.50. The topological polar surface area (TPSA) is 109 Å². The first-order chi connectivity index (χ1) is 10.3. The molecule has 0 aromatic heterocycles. The van der Waals surface area contributed by atoms with Crippen molar-refractivity contribution < 1.29 is 28.5 Å². The average molecular weight is 308 g/mol. The second-order valence-electron chi connectivity index (χ2n) is 3.60. The van der Waals surface area contributed by atoms with Gasteiger partial charge in [-0.15, -0.1) is 0 Å². The summed E-state index contributed by atoms with van der Waals surface area (Å²) in [6.07, 6.45) is 1.20. The third-order valence-corrected chi connectivity index (χ3v) is 1.87. The van der Waals surface area contributed by atoms with Gasteiger partial charge in [-0.05, 0) is 7.05 Å². The van der Waals surface area contributed by atoms with E-state index in [9.17, 15) is 9.59 Å². The van der Waals surface area contributed by atoms with Crippen molar-refractivity contribution >= 4 is 12.6 Å². The highest BCUT2D eigenvalue weighted by Gasteiger charge is 1.90. The van der Waals surface area contributed by atoms with Gasteiger partial charge in [0.05, 0.1) is 39.6 Å². The van der Waals surface area contributed by atoms with Crippen LogP contribution < -0.4 is 11.1 Å². The van der Waals surface area contributed by atoms with Gasteiger partial charge < -0.3 is 39.6 Å². The van der Waals surface area contributed by atoms with E-state index < -0.39 is 0 Å². The van der Waals surface area contributed by atoms with Crippen LogP contribution in [0.1, 0.15) is 0 Å². The van der Waals surface area contributed by atoms with Crippen molar-refractivity contribution in [1.82, 2.24) is 5.32 Å². The SMILES string of the molecule is CNCCOCCOCCOCCN.O=CCOCC=O. The van der Waals surface area contributed by atoms with E-state index in [1.807, 2.05) is 7.05 Å². The van der Waals surface area contributed by atoms with E-state index in [-0.39, 0.29) is 13.2 Å². The number of carbonyl (C=O) groups is 2. The van der Waals surface area contributed by atoms with Crippen molar-refractivity contribution in [3.05, 3.63) is 0 Å². The fourth-order valence-corrected chi connectivity index (χ4v) is 0.964. The number of carbonyl (C=O) groups excluding carboxylic acids is 2. The van der Waals surface area contributed by atoms with Gasteiger partial charge in [0.2, 0.25) is 0 Å². The minimum atomic E-state index is 0.0126. The maximum atomic E-state index is 9.44. The Kier molecular flexibility index (Phi) is 25.7. The Morgan fingerprint density at radius 2 is 1.29 bits per heavy atom. The first-order valence-electron chi connectivity index (χ1n) is 6.86. The van der Waals surface area contributed by atoms with Crippen LogP contribution in [0.4, 0.5) is 0 Å². The first-order valence-corrected chi connectivity index (χ1v) is 6.86. The second-order valence-corrected chi connectivity index (χ2v) is 3.60. The monoisotopic (exact) mass is 308 g/mol. The molecule has 0 bridgehead atoms. The summed E-state index contributed by atoms with van der Waals surface area (Å²) in [5, 5.41) is 3.00. The Bertz CT molecular complexity index is 187. The van der Waals surface area contributed by atoms with Crippen LogP contribution in [0.5, 0.6) is 0 Å². The molecule has 0 saturated carbocycles. The highest BCUT2D eigenvalue weighted by atomic mass is 16.5. The maximum Gasteiger partial charge on any atom is 0.145 e. The number of hydrogen-bond acceptors (Lipinski definition) is 8. The molecule has 126 valence electrons. The van der Waals surface area contributed by atoms with Crippen molar-refractivity contribution in [3.63, 3.8) is 0 Å². The van der Waals surface area contributed by atoms with Gasteiger partial charge in [-0.1, -0.05) is 0 Å². The molecule has 0 unspecified atom stereocenters. The molecule has 8 nitrogen and oxygen atoms in total. The van der Waals surface area contributed by atoms with Crippen LogP contribution in [-0.2, 0) is 28.5 Å². The van der Waals surface area contributed by atoms with Crippen molar-refractivity contribution in [3.8, 4) is 0 Å². The van der Waals surface area contributed by atoms with E-state index in [0.717, 1.165) is 13.2 Å². The summed E-state index contributed by atoms with van der Waals surface area (Å²) >= 11 is 0. The zero-order valence-corrected chi connectivity index (χ0v) is 12.8. The van der Waals surface area contributed by atoms with E-state index in [1.54, 1.807) is 0 Å². The first kappa shape index (κ1) is 22.4. The summed E-state index contributed by atoms with van der Waals surface area (Å²) in [6, 6.07) is 0.